The Labute approximate surface area is 74.0 Å². The Morgan fingerprint density at radius 1 is 1.75 bits per heavy atom. The maximum atomic E-state index is 10.4. The summed E-state index contributed by atoms with van der Waals surface area (Å²) in [6.45, 7) is 0. The lowest BCUT2D eigenvalue weighted by Gasteiger charge is -1.99. The molecule has 1 atom stereocenters. The van der Waals surface area contributed by atoms with E-state index in [0.717, 1.165) is 11.8 Å². The smallest absolute Gasteiger partial charge is 0.224 e. The summed E-state index contributed by atoms with van der Waals surface area (Å²) in [6, 6.07) is -0.173. The standard InChI is InChI=1S/C7H6ClN3O/c8-7-9-2-4-1-5(3-12)10-6(4)11-7/h2-3,5H,1H2,(H,9,10,11). The summed E-state index contributed by atoms with van der Waals surface area (Å²) in [4.78, 5) is 18.2. The van der Waals surface area contributed by atoms with Crippen LogP contribution in [0, 0.1) is 0 Å². The quantitative estimate of drug-likeness (QED) is 0.514. The normalized spacial score (nSPS) is 19.9. The molecule has 0 spiro atoms. The molecular formula is C7H6ClN3O. The predicted octanol–water partition coefficient (Wildman–Crippen LogP) is 0.665. The van der Waals surface area contributed by atoms with Crippen molar-refractivity contribution < 1.29 is 4.79 Å². The zero-order valence-electron chi connectivity index (χ0n) is 6.12. The molecule has 2 heterocycles. The van der Waals surface area contributed by atoms with Crippen LogP contribution in [-0.2, 0) is 11.2 Å². The number of rotatable bonds is 1. The molecule has 5 heteroatoms. The van der Waals surface area contributed by atoms with Crippen LogP contribution in [0.15, 0.2) is 6.20 Å². The Morgan fingerprint density at radius 2 is 2.58 bits per heavy atom. The molecule has 0 amide bonds. The topological polar surface area (TPSA) is 54.9 Å². The lowest BCUT2D eigenvalue weighted by Crippen LogP contribution is -2.16. The zero-order chi connectivity index (χ0) is 8.55. The summed E-state index contributed by atoms with van der Waals surface area (Å²) in [6.07, 6.45) is 3.15. The summed E-state index contributed by atoms with van der Waals surface area (Å²) in [7, 11) is 0. The molecule has 1 aliphatic rings. The first-order valence-electron chi connectivity index (χ1n) is 3.53. The van der Waals surface area contributed by atoms with Crippen molar-refractivity contribution in [3.8, 4) is 0 Å². The molecule has 1 unspecified atom stereocenters. The van der Waals surface area contributed by atoms with Gasteiger partial charge < -0.3 is 10.1 Å². The lowest BCUT2D eigenvalue weighted by atomic mass is 10.2. The van der Waals surface area contributed by atoms with E-state index < -0.39 is 0 Å². The van der Waals surface area contributed by atoms with Gasteiger partial charge in [0.15, 0.2) is 0 Å². The van der Waals surface area contributed by atoms with Gasteiger partial charge in [0.1, 0.15) is 12.1 Å². The average Bonchev–Trinajstić information content (AvgIpc) is 2.46. The molecule has 1 aromatic rings. The number of nitrogens with zero attached hydrogens (tertiary/aromatic N) is 2. The van der Waals surface area contributed by atoms with Crippen molar-refractivity contribution in [1.82, 2.24) is 9.97 Å². The number of nitrogens with one attached hydrogen (secondary N) is 1. The van der Waals surface area contributed by atoms with Gasteiger partial charge in [-0.25, -0.2) is 9.97 Å². The molecule has 0 bridgehead atoms. The van der Waals surface area contributed by atoms with Crippen LogP contribution in [0.25, 0.3) is 0 Å². The second-order valence-corrected chi connectivity index (χ2v) is 2.94. The van der Waals surface area contributed by atoms with Crippen LogP contribution >= 0.6 is 11.6 Å². The van der Waals surface area contributed by atoms with E-state index in [4.69, 9.17) is 11.6 Å². The summed E-state index contributed by atoms with van der Waals surface area (Å²) in [5.74, 6) is 0.673. The van der Waals surface area contributed by atoms with E-state index in [1.165, 1.54) is 0 Å². The fourth-order valence-electron chi connectivity index (χ4n) is 1.21. The van der Waals surface area contributed by atoms with E-state index in [1.807, 2.05) is 0 Å². The maximum absolute atomic E-state index is 10.4. The van der Waals surface area contributed by atoms with E-state index in [0.29, 0.717) is 12.2 Å². The summed E-state index contributed by atoms with van der Waals surface area (Å²) >= 11 is 5.56. The van der Waals surface area contributed by atoms with Crippen molar-refractivity contribution in [2.75, 3.05) is 5.32 Å². The highest BCUT2D eigenvalue weighted by atomic mass is 35.5. The van der Waals surface area contributed by atoms with Gasteiger partial charge in [-0.15, -0.1) is 0 Å². The van der Waals surface area contributed by atoms with Crippen LogP contribution in [0.4, 0.5) is 5.82 Å². The molecule has 0 saturated heterocycles. The fraction of sp³-hybridized carbons (Fsp3) is 0.286. The molecule has 62 valence electrons. The number of hydrogen-bond acceptors (Lipinski definition) is 4. The van der Waals surface area contributed by atoms with Crippen LogP contribution < -0.4 is 5.32 Å². The van der Waals surface area contributed by atoms with Gasteiger partial charge in [0.25, 0.3) is 0 Å². The van der Waals surface area contributed by atoms with Crippen molar-refractivity contribution in [3.05, 3.63) is 17.0 Å². The Balaban J connectivity index is 2.35. The number of anilines is 1. The first kappa shape index (κ1) is 7.49. The predicted molar refractivity (Wildman–Crippen MR) is 44.2 cm³/mol. The minimum absolute atomic E-state index is 0.173. The molecule has 1 aromatic heterocycles. The molecule has 4 nitrogen and oxygen atoms in total. The number of carbonyl (C=O) groups excluding carboxylic acids is 1. The fourth-order valence-corrected chi connectivity index (χ4v) is 1.34. The minimum Gasteiger partial charge on any atom is -0.360 e. The molecule has 1 aliphatic heterocycles. The van der Waals surface area contributed by atoms with Gasteiger partial charge >= 0.3 is 0 Å². The molecule has 2 rings (SSSR count). The van der Waals surface area contributed by atoms with E-state index in [2.05, 4.69) is 15.3 Å². The molecule has 0 aliphatic carbocycles. The van der Waals surface area contributed by atoms with Crippen LogP contribution in [-0.4, -0.2) is 22.3 Å². The van der Waals surface area contributed by atoms with Crippen molar-refractivity contribution in [1.29, 1.82) is 0 Å². The summed E-state index contributed by atoms with van der Waals surface area (Å²) in [5, 5.41) is 3.12. The highest BCUT2D eigenvalue weighted by Gasteiger charge is 2.21. The number of fused-ring (bicyclic) bond motifs is 1. The van der Waals surface area contributed by atoms with Crippen molar-refractivity contribution >= 4 is 23.7 Å². The molecular weight excluding hydrogens is 178 g/mol. The Hall–Kier alpha value is -1.16. The molecule has 12 heavy (non-hydrogen) atoms. The van der Waals surface area contributed by atoms with Crippen molar-refractivity contribution in [2.24, 2.45) is 0 Å². The van der Waals surface area contributed by atoms with Gasteiger partial charge in [-0.3, -0.25) is 0 Å². The third-order valence-corrected chi connectivity index (χ3v) is 1.94. The van der Waals surface area contributed by atoms with Gasteiger partial charge in [0.2, 0.25) is 5.28 Å². The first-order valence-corrected chi connectivity index (χ1v) is 3.90. The number of halogens is 1. The average molecular weight is 184 g/mol. The van der Waals surface area contributed by atoms with E-state index in [-0.39, 0.29) is 11.3 Å². The van der Waals surface area contributed by atoms with Crippen molar-refractivity contribution in [3.63, 3.8) is 0 Å². The number of aromatic nitrogens is 2. The van der Waals surface area contributed by atoms with Gasteiger partial charge in [-0.05, 0) is 11.6 Å². The van der Waals surface area contributed by atoms with Crippen LogP contribution in [0.2, 0.25) is 5.28 Å². The number of hydrogen-bond donors (Lipinski definition) is 1. The zero-order valence-corrected chi connectivity index (χ0v) is 6.88. The number of aldehydes is 1. The second-order valence-electron chi connectivity index (χ2n) is 2.60. The second kappa shape index (κ2) is 2.71. The van der Waals surface area contributed by atoms with E-state index in [9.17, 15) is 4.79 Å². The third kappa shape index (κ3) is 1.14. The minimum atomic E-state index is -0.173. The van der Waals surface area contributed by atoms with Gasteiger partial charge in [-0.1, -0.05) is 0 Å². The third-order valence-electron chi connectivity index (χ3n) is 1.76. The molecule has 0 aromatic carbocycles. The molecule has 0 fully saturated rings. The largest absolute Gasteiger partial charge is 0.360 e. The van der Waals surface area contributed by atoms with Gasteiger partial charge in [0.05, 0.1) is 6.04 Å². The van der Waals surface area contributed by atoms with Gasteiger partial charge in [-0.2, -0.15) is 0 Å². The Bertz CT molecular complexity index is 328. The highest BCUT2D eigenvalue weighted by molar-refractivity contribution is 6.28. The Morgan fingerprint density at radius 3 is 3.33 bits per heavy atom. The molecule has 0 saturated carbocycles. The van der Waals surface area contributed by atoms with Crippen molar-refractivity contribution in [2.45, 2.75) is 12.5 Å². The SMILES string of the molecule is O=CC1Cc2cnc(Cl)nc2N1. The number of carbonyl (C=O) groups is 1. The van der Waals surface area contributed by atoms with Gasteiger partial charge in [0, 0.05) is 18.2 Å². The van der Waals surface area contributed by atoms with E-state index in [1.54, 1.807) is 6.20 Å². The van der Waals surface area contributed by atoms with Crippen LogP contribution in [0.1, 0.15) is 5.56 Å². The Kier molecular flexibility index (Phi) is 1.69. The maximum Gasteiger partial charge on any atom is 0.224 e. The molecule has 0 radical (unpaired) electrons. The highest BCUT2D eigenvalue weighted by Crippen LogP contribution is 2.22. The molecule has 1 N–H and O–H groups in total. The van der Waals surface area contributed by atoms with Crippen LogP contribution in [0.5, 0.6) is 0 Å². The summed E-state index contributed by atoms with van der Waals surface area (Å²) in [5.41, 5.74) is 0.941. The summed E-state index contributed by atoms with van der Waals surface area (Å²) < 4.78 is 0. The lowest BCUT2D eigenvalue weighted by molar-refractivity contribution is -0.108. The first-order chi connectivity index (χ1) is 5.79. The van der Waals surface area contributed by atoms with E-state index >= 15 is 0 Å². The van der Waals surface area contributed by atoms with Crippen LogP contribution in [0.3, 0.4) is 0 Å². The monoisotopic (exact) mass is 183 g/mol.